The van der Waals surface area contributed by atoms with Crippen molar-refractivity contribution in [2.75, 3.05) is 33.3 Å². The van der Waals surface area contributed by atoms with Crippen LogP contribution in [0.4, 0.5) is 0 Å². The summed E-state index contributed by atoms with van der Waals surface area (Å²) in [5, 5.41) is 0. The average molecular weight is 571 g/mol. The molecule has 0 aliphatic carbocycles. The Labute approximate surface area is 218 Å². The maximum absolute atomic E-state index is 13.5. The summed E-state index contributed by atoms with van der Waals surface area (Å²) in [6, 6.07) is 26.4. The highest BCUT2D eigenvalue weighted by Gasteiger charge is 2.41. The Morgan fingerprint density at radius 2 is 1.53 bits per heavy atom. The van der Waals surface area contributed by atoms with Gasteiger partial charge >= 0.3 is 0 Å². The van der Waals surface area contributed by atoms with Crippen molar-refractivity contribution in [1.82, 2.24) is 0 Å². The van der Waals surface area contributed by atoms with E-state index in [2.05, 4.69) is 87.7 Å². The lowest BCUT2D eigenvalue weighted by Gasteiger charge is -2.36. The standard InChI is InChI=1S/C30H37INO2/c1-6-32(5,7-2)20-21-34-27-19-18-26(22-23(27)3)30(4,25-16-12-9-13-17-25)29(31)28(33)24-14-10-8-11-15-24/h8-19,22,29H,6-7,20-21H2,1-5H3/q+1. The smallest absolute Gasteiger partial charge is 0.176 e. The fraction of sp³-hybridized carbons (Fsp3) is 0.367. The molecule has 0 aromatic heterocycles. The number of carbonyl (C=O) groups excluding carboxylic acids is 1. The molecule has 3 aromatic rings. The Morgan fingerprint density at radius 3 is 2.09 bits per heavy atom. The first-order valence-corrected chi connectivity index (χ1v) is 13.4. The van der Waals surface area contributed by atoms with Crippen LogP contribution in [0.3, 0.4) is 0 Å². The van der Waals surface area contributed by atoms with Gasteiger partial charge in [0.15, 0.2) is 5.78 Å². The van der Waals surface area contributed by atoms with E-state index in [1.807, 2.05) is 48.5 Å². The molecule has 0 aliphatic heterocycles. The molecule has 4 heteroatoms. The minimum absolute atomic E-state index is 0.140. The number of Topliss-reactive ketones (excluding diaryl/α,β-unsaturated/α-hetero) is 1. The Morgan fingerprint density at radius 1 is 0.941 bits per heavy atom. The summed E-state index contributed by atoms with van der Waals surface area (Å²) in [5.41, 5.74) is 3.60. The Kier molecular flexibility index (Phi) is 8.94. The van der Waals surface area contributed by atoms with Crippen molar-refractivity contribution in [2.45, 2.75) is 37.0 Å². The molecule has 0 N–H and O–H groups in total. The highest BCUT2D eigenvalue weighted by Crippen LogP contribution is 2.42. The molecule has 0 bridgehead atoms. The van der Waals surface area contributed by atoms with Gasteiger partial charge in [-0.05, 0) is 50.5 Å². The van der Waals surface area contributed by atoms with Crippen LogP contribution in [-0.2, 0) is 5.41 Å². The number of quaternary nitrogens is 1. The Bertz CT molecular complexity index is 1080. The number of likely N-dealkylation sites (N-methyl/N-ethyl adjacent to an activating group) is 1. The van der Waals surface area contributed by atoms with Gasteiger partial charge in [-0.15, -0.1) is 0 Å². The molecule has 180 valence electrons. The molecular weight excluding hydrogens is 533 g/mol. The predicted molar refractivity (Wildman–Crippen MR) is 150 cm³/mol. The number of alkyl halides is 1. The molecule has 0 radical (unpaired) electrons. The molecule has 2 atom stereocenters. The van der Waals surface area contributed by atoms with Crippen molar-refractivity contribution >= 4 is 28.4 Å². The normalized spacial score (nSPS) is 14.3. The molecule has 0 saturated heterocycles. The van der Waals surface area contributed by atoms with Crippen LogP contribution >= 0.6 is 22.6 Å². The summed E-state index contributed by atoms with van der Waals surface area (Å²) in [5.74, 6) is 1.05. The molecule has 0 aliphatic rings. The summed E-state index contributed by atoms with van der Waals surface area (Å²) >= 11 is 2.33. The molecule has 0 amide bonds. The first-order chi connectivity index (χ1) is 16.2. The fourth-order valence-corrected chi connectivity index (χ4v) is 5.38. The zero-order valence-corrected chi connectivity index (χ0v) is 23.2. The number of nitrogens with zero attached hydrogens (tertiary/aromatic N) is 1. The van der Waals surface area contributed by atoms with Gasteiger partial charge in [-0.3, -0.25) is 4.79 Å². The number of rotatable bonds is 11. The van der Waals surface area contributed by atoms with Crippen LogP contribution in [0.25, 0.3) is 0 Å². The maximum Gasteiger partial charge on any atom is 0.176 e. The van der Waals surface area contributed by atoms with Gasteiger partial charge in [0.05, 0.1) is 24.1 Å². The molecule has 0 saturated carbocycles. The van der Waals surface area contributed by atoms with Gasteiger partial charge in [0, 0.05) is 11.0 Å². The van der Waals surface area contributed by atoms with Crippen molar-refractivity contribution in [1.29, 1.82) is 0 Å². The molecule has 3 aromatic carbocycles. The SMILES string of the molecule is CC[N+](C)(CC)CCOc1ccc(C(C)(c2ccccc2)C(I)C(=O)c2ccccc2)cc1C. The summed E-state index contributed by atoms with van der Waals surface area (Å²) in [6.45, 7) is 12.6. The topological polar surface area (TPSA) is 26.3 Å². The molecule has 0 fully saturated rings. The largest absolute Gasteiger partial charge is 0.487 e. The molecule has 3 rings (SSSR count). The number of hydrogen-bond donors (Lipinski definition) is 0. The first kappa shape index (κ1) is 26.4. The predicted octanol–water partition coefficient (Wildman–Crippen LogP) is 6.85. The lowest BCUT2D eigenvalue weighted by atomic mass is 9.71. The van der Waals surface area contributed by atoms with Crippen molar-refractivity contribution in [3.8, 4) is 5.75 Å². The van der Waals surface area contributed by atoms with Crippen LogP contribution in [0.15, 0.2) is 78.9 Å². The van der Waals surface area contributed by atoms with E-state index in [9.17, 15) is 4.79 Å². The van der Waals surface area contributed by atoms with Gasteiger partial charge < -0.3 is 9.22 Å². The van der Waals surface area contributed by atoms with E-state index in [4.69, 9.17) is 4.74 Å². The van der Waals surface area contributed by atoms with E-state index in [0.717, 1.165) is 52.1 Å². The van der Waals surface area contributed by atoms with Crippen LogP contribution in [0.1, 0.15) is 47.8 Å². The van der Waals surface area contributed by atoms with Gasteiger partial charge in [0.2, 0.25) is 0 Å². The van der Waals surface area contributed by atoms with Gasteiger partial charge in [0.25, 0.3) is 0 Å². The Balaban J connectivity index is 1.93. The second kappa shape index (κ2) is 11.5. The number of halogens is 1. The van der Waals surface area contributed by atoms with E-state index in [1.54, 1.807) is 0 Å². The van der Waals surface area contributed by atoms with E-state index in [1.165, 1.54) is 0 Å². The van der Waals surface area contributed by atoms with E-state index in [0.29, 0.717) is 6.61 Å². The summed E-state index contributed by atoms with van der Waals surface area (Å²) < 4.78 is 6.93. The number of benzene rings is 3. The lowest BCUT2D eigenvalue weighted by molar-refractivity contribution is -0.906. The minimum Gasteiger partial charge on any atom is -0.487 e. The van der Waals surface area contributed by atoms with Crippen LogP contribution in [-0.4, -0.2) is 47.5 Å². The number of hydrogen-bond acceptors (Lipinski definition) is 2. The van der Waals surface area contributed by atoms with Crippen LogP contribution in [0, 0.1) is 6.92 Å². The maximum atomic E-state index is 13.5. The highest BCUT2D eigenvalue weighted by molar-refractivity contribution is 14.1. The second-order valence-electron chi connectivity index (χ2n) is 9.47. The van der Waals surface area contributed by atoms with Gasteiger partial charge in [-0.25, -0.2) is 0 Å². The third-order valence-electron chi connectivity index (χ3n) is 7.36. The average Bonchev–Trinajstić information content (AvgIpc) is 2.89. The molecule has 0 spiro atoms. The molecule has 3 nitrogen and oxygen atoms in total. The van der Waals surface area contributed by atoms with E-state index < -0.39 is 5.41 Å². The monoisotopic (exact) mass is 570 g/mol. The summed E-state index contributed by atoms with van der Waals surface area (Å²) in [4.78, 5) is 13.5. The van der Waals surface area contributed by atoms with Crippen LogP contribution < -0.4 is 4.74 Å². The minimum atomic E-state index is -0.488. The second-order valence-corrected chi connectivity index (χ2v) is 10.7. The van der Waals surface area contributed by atoms with Crippen molar-refractivity contribution < 1.29 is 14.0 Å². The molecule has 2 unspecified atom stereocenters. The van der Waals surface area contributed by atoms with E-state index >= 15 is 0 Å². The van der Waals surface area contributed by atoms with Gasteiger partial charge in [-0.2, -0.15) is 0 Å². The number of ether oxygens (including phenoxy) is 1. The highest BCUT2D eigenvalue weighted by atomic mass is 127. The van der Waals surface area contributed by atoms with Gasteiger partial charge in [-0.1, -0.05) is 95.4 Å². The fourth-order valence-electron chi connectivity index (χ4n) is 4.30. The van der Waals surface area contributed by atoms with Crippen molar-refractivity contribution in [2.24, 2.45) is 0 Å². The summed E-state index contributed by atoms with van der Waals surface area (Å²) in [6.07, 6.45) is 0. The molecule has 0 heterocycles. The zero-order valence-electron chi connectivity index (χ0n) is 21.1. The number of ketones is 1. The first-order valence-electron chi connectivity index (χ1n) is 12.1. The lowest BCUT2D eigenvalue weighted by Crippen LogP contribution is -2.46. The van der Waals surface area contributed by atoms with Gasteiger partial charge in [0.1, 0.15) is 18.9 Å². The number of carbonyl (C=O) groups is 1. The zero-order chi connectivity index (χ0) is 24.8. The quantitative estimate of drug-likeness (QED) is 0.109. The van der Waals surface area contributed by atoms with E-state index in [-0.39, 0.29) is 9.71 Å². The molecule has 34 heavy (non-hydrogen) atoms. The van der Waals surface area contributed by atoms with Crippen LogP contribution in [0.2, 0.25) is 0 Å². The number of aryl methyl sites for hydroxylation is 1. The van der Waals surface area contributed by atoms with Crippen LogP contribution in [0.5, 0.6) is 5.75 Å². The Hall–Kier alpha value is -2.18. The third kappa shape index (κ3) is 5.72. The molecular formula is C30H37INO2+. The third-order valence-corrected chi connectivity index (χ3v) is 9.17. The summed E-state index contributed by atoms with van der Waals surface area (Å²) in [7, 11) is 2.27. The van der Waals surface area contributed by atoms with Crippen molar-refractivity contribution in [3.63, 3.8) is 0 Å². The van der Waals surface area contributed by atoms with Crippen molar-refractivity contribution in [3.05, 3.63) is 101 Å².